The van der Waals surface area contributed by atoms with E-state index in [0.29, 0.717) is 0 Å². The molecule has 1 heterocycles. The van der Waals surface area contributed by atoms with Gasteiger partial charge < -0.3 is 9.31 Å². The van der Waals surface area contributed by atoms with Crippen molar-refractivity contribution in [1.82, 2.24) is 0 Å². The number of halogens is 1. The summed E-state index contributed by atoms with van der Waals surface area (Å²) in [6.07, 6.45) is 0. The first kappa shape index (κ1) is 17.9. The zero-order valence-corrected chi connectivity index (χ0v) is 15.5. The fraction of sp³-hybridized carbons (Fsp3) is 0.333. The van der Waals surface area contributed by atoms with Crippen LogP contribution in [-0.4, -0.2) is 18.3 Å². The van der Waals surface area contributed by atoms with E-state index in [1.54, 1.807) is 12.1 Å². The van der Waals surface area contributed by atoms with Crippen LogP contribution in [0.15, 0.2) is 54.5 Å². The van der Waals surface area contributed by atoms with E-state index in [4.69, 9.17) is 9.31 Å². The molecule has 0 N–H and O–H groups in total. The molecule has 1 fully saturated rings. The van der Waals surface area contributed by atoms with Gasteiger partial charge in [-0.05, 0) is 69.4 Å². The lowest BCUT2D eigenvalue weighted by Crippen LogP contribution is -2.41. The molecular weight excluding hydrogens is 314 g/mol. The number of benzene rings is 2. The average Bonchev–Trinajstić information content (AvgIpc) is 2.74. The topological polar surface area (TPSA) is 18.5 Å². The second kappa shape index (κ2) is 6.43. The van der Waals surface area contributed by atoms with E-state index < -0.39 is 18.3 Å². The lowest BCUT2D eigenvalue weighted by Gasteiger charge is -2.32. The third kappa shape index (κ3) is 3.70. The number of hydrogen-bond acceptors (Lipinski definition) is 2. The maximum atomic E-state index is 13.3. The molecule has 0 unspecified atom stereocenters. The maximum absolute atomic E-state index is 13.3. The van der Waals surface area contributed by atoms with Crippen molar-refractivity contribution in [2.75, 3.05) is 0 Å². The van der Waals surface area contributed by atoms with Crippen LogP contribution in [0.25, 0.3) is 5.57 Å². The molecule has 0 amide bonds. The molecule has 0 spiro atoms. The normalized spacial score (nSPS) is 19.3. The van der Waals surface area contributed by atoms with E-state index in [1.807, 2.05) is 33.7 Å². The highest BCUT2D eigenvalue weighted by Gasteiger charge is 2.50. The van der Waals surface area contributed by atoms with Crippen molar-refractivity contribution in [2.45, 2.75) is 45.8 Å². The Morgan fingerprint density at radius 2 is 1.28 bits per heavy atom. The lowest BCUT2D eigenvalue weighted by atomic mass is 9.82. The largest absolute Gasteiger partial charge is 0.487 e. The van der Waals surface area contributed by atoms with E-state index >= 15 is 0 Å². The van der Waals surface area contributed by atoms with Crippen LogP contribution < -0.4 is 0 Å². The zero-order chi connectivity index (χ0) is 18.2. The van der Waals surface area contributed by atoms with Gasteiger partial charge >= 0.3 is 7.12 Å². The van der Waals surface area contributed by atoms with Crippen molar-refractivity contribution in [1.29, 1.82) is 0 Å². The van der Waals surface area contributed by atoms with E-state index in [9.17, 15) is 4.39 Å². The van der Waals surface area contributed by atoms with Crippen LogP contribution in [0.3, 0.4) is 0 Å². The third-order valence-electron chi connectivity index (χ3n) is 5.09. The van der Waals surface area contributed by atoms with Crippen molar-refractivity contribution in [2.24, 2.45) is 0 Å². The van der Waals surface area contributed by atoms with Gasteiger partial charge in [-0.15, -0.1) is 0 Å². The summed E-state index contributed by atoms with van der Waals surface area (Å²) in [5.74, 6) is 1.73. The maximum Gasteiger partial charge on any atom is 0.487 e. The second-order valence-electron chi connectivity index (χ2n) is 7.58. The molecule has 0 aromatic heterocycles. The molecular formula is C21H24BFO2. The SMILES string of the molecule is Cc1ccc(/C(=C\B2OC(C)(C)C(C)(C)O2)c2ccc(F)cc2)cc1. The van der Waals surface area contributed by atoms with Gasteiger partial charge in [0, 0.05) is 0 Å². The summed E-state index contributed by atoms with van der Waals surface area (Å²) in [6, 6.07) is 14.8. The quantitative estimate of drug-likeness (QED) is 0.717. The van der Waals surface area contributed by atoms with Crippen molar-refractivity contribution < 1.29 is 13.7 Å². The van der Waals surface area contributed by atoms with Gasteiger partial charge in [-0.25, -0.2) is 4.39 Å². The molecule has 25 heavy (non-hydrogen) atoms. The Kier molecular flexibility index (Phi) is 4.61. The molecule has 130 valence electrons. The van der Waals surface area contributed by atoms with Gasteiger partial charge in [0.05, 0.1) is 11.2 Å². The average molecular weight is 338 g/mol. The van der Waals surface area contributed by atoms with Crippen molar-refractivity contribution in [3.8, 4) is 0 Å². The highest BCUT2D eigenvalue weighted by molar-refractivity contribution is 6.53. The predicted octanol–water partition coefficient (Wildman–Crippen LogP) is 5.20. The Bertz CT molecular complexity index is 713. The summed E-state index contributed by atoms with van der Waals surface area (Å²) in [7, 11) is -0.452. The first-order valence-electron chi connectivity index (χ1n) is 8.58. The molecule has 0 saturated carbocycles. The predicted molar refractivity (Wildman–Crippen MR) is 101 cm³/mol. The molecule has 0 bridgehead atoms. The summed E-state index contributed by atoms with van der Waals surface area (Å²) in [5.41, 5.74) is 3.35. The Labute approximate surface area is 149 Å². The van der Waals surface area contributed by atoms with E-state index in [1.165, 1.54) is 17.7 Å². The molecule has 1 aliphatic heterocycles. The lowest BCUT2D eigenvalue weighted by molar-refractivity contribution is 0.00578. The molecule has 2 aromatic rings. The summed E-state index contributed by atoms with van der Waals surface area (Å²) < 4.78 is 25.6. The third-order valence-corrected chi connectivity index (χ3v) is 5.09. The minimum Gasteiger partial charge on any atom is -0.400 e. The molecule has 1 saturated heterocycles. The molecule has 0 aliphatic carbocycles. The Hall–Kier alpha value is -1.91. The molecule has 0 radical (unpaired) electrons. The minimum atomic E-state index is -0.452. The molecule has 1 aliphatic rings. The Morgan fingerprint density at radius 1 is 0.840 bits per heavy atom. The Balaban J connectivity index is 2.02. The first-order chi connectivity index (χ1) is 11.7. The smallest absolute Gasteiger partial charge is 0.400 e. The van der Waals surface area contributed by atoms with Crippen LogP contribution in [0.5, 0.6) is 0 Å². The van der Waals surface area contributed by atoms with E-state index in [2.05, 4.69) is 31.2 Å². The van der Waals surface area contributed by atoms with Crippen LogP contribution in [0.2, 0.25) is 0 Å². The number of aryl methyl sites for hydroxylation is 1. The second-order valence-corrected chi connectivity index (χ2v) is 7.58. The van der Waals surface area contributed by atoms with Crippen LogP contribution in [0, 0.1) is 12.7 Å². The van der Waals surface area contributed by atoms with Crippen molar-refractivity contribution >= 4 is 12.7 Å². The molecule has 4 heteroatoms. The van der Waals surface area contributed by atoms with Gasteiger partial charge in [0.1, 0.15) is 5.82 Å². The van der Waals surface area contributed by atoms with Gasteiger partial charge in [0.2, 0.25) is 0 Å². The van der Waals surface area contributed by atoms with Crippen LogP contribution in [0.1, 0.15) is 44.4 Å². The van der Waals surface area contributed by atoms with Gasteiger partial charge in [0.25, 0.3) is 0 Å². The molecule has 0 atom stereocenters. The van der Waals surface area contributed by atoms with Crippen molar-refractivity contribution in [3.63, 3.8) is 0 Å². The molecule has 3 rings (SSSR count). The first-order valence-corrected chi connectivity index (χ1v) is 8.58. The van der Waals surface area contributed by atoms with Gasteiger partial charge in [-0.3, -0.25) is 0 Å². The van der Waals surface area contributed by atoms with Crippen LogP contribution in [0.4, 0.5) is 4.39 Å². The number of rotatable bonds is 3. The summed E-state index contributed by atoms with van der Waals surface area (Å²) in [6.45, 7) is 10.2. The Morgan fingerprint density at radius 3 is 1.76 bits per heavy atom. The van der Waals surface area contributed by atoms with Crippen LogP contribution in [-0.2, 0) is 9.31 Å². The minimum absolute atomic E-state index is 0.248. The van der Waals surface area contributed by atoms with Crippen molar-refractivity contribution in [3.05, 3.63) is 77.0 Å². The summed E-state index contributed by atoms with van der Waals surface area (Å²) >= 11 is 0. The van der Waals surface area contributed by atoms with E-state index in [-0.39, 0.29) is 5.82 Å². The fourth-order valence-corrected chi connectivity index (χ4v) is 2.81. The molecule has 2 aromatic carbocycles. The van der Waals surface area contributed by atoms with Crippen LogP contribution >= 0.6 is 0 Å². The molecule has 2 nitrogen and oxygen atoms in total. The highest BCUT2D eigenvalue weighted by atomic mass is 19.1. The van der Waals surface area contributed by atoms with E-state index in [0.717, 1.165) is 16.7 Å². The zero-order valence-electron chi connectivity index (χ0n) is 15.5. The van der Waals surface area contributed by atoms with Gasteiger partial charge in [0.15, 0.2) is 0 Å². The monoisotopic (exact) mass is 338 g/mol. The summed E-state index contributed by atoms with van der Waals surface area (Å²) in [4.78, 5) is 0. The van der Waals surface area contributed by atoms with Gasteiger partial charge in [-0.2, -0.15) is 0 Å². The summed E-state index contributed by atoms with van der Waals surface area (Å²) in [5, 5.41) is 0. The number of hydrogen-bond donors (Lipinski definition) is 0. The standard InChI is InChI=1S/C21H24BFO2/c1-15-6-8-16(9-7-15)19(17-10-12-18(23)13-11-17)14-22-24-20(2,3)21(4,5)25-22/h6-14H,1-5H3/b19-14+. The fourth-order valence-electron chi connectivity index (χ4n) is 2.81. The highest BCUT2D eigenvalue weighted by Crippen LogP contribution is 2.38. The van der Waals surface area contributed by atoms with Gasteiger partial charge in [-0.1, -0.05) is 42.0 Å².